The number of aliphatic carboxylic acids is 1. The van der Waals surface area contributed by atoms with Gasteiger partial charge in [-0.15, -0.1) is 0 Å². The molecular formula is C11H10INO3. The summed E-state index contributed by atoms with van der Waals surface area (Å²) in [7, 11) is 0. The molecule has 0 aromatic heterocycles. The molecule has 16 heavy (non-hydrogen) atoms. The highest BCUT2D eigenvalue weighted by molar-refractivity contribution is 14.1. The predicted octanol–water partition coefficient (Wildman–Crippen LogP) is 1.85. The van der Waals surface area contributed by atoms with E-state index < -0.39 is 11.9 Å². The van der Waals surface area contributed by atoms with E-state index >= 15 is 0 Å². The van der Waals surface area contributed by atoms with E-state index in [0.717, 1.165) is 9.13 Å². The van der Waals surface area contributed by atoms with Gasteiger partial charge in [-0.1, -0.05) is 18.2 Å². The van der Waals surface area contributed by atoms with Crippen LogP contribution in [0, 0.1) is 3.57 Å². The van der Waals surface area contributed by atoms with Crippen LogP contribution in [0.15, 0.2) is 30.0 Å². The summed E-state index contributed by atoms with van der Waals surface area (Å²) in [6, 6.07) is 7.31. The number of benzene rings is 1. The second-order valence-corrected chi connectivity index (χ2v) is 4.23. The molecule has 0 fully saturated rings. The third kappa shape index (κ3) is 3.65. The SMILES string of the molecule is CC(=O)NC(=Cc1ccccc1I)C(=O)O. The van der Waals surface area contributed by atoms with Gasteiger partial charge in [0.25, 0.3) is 0 Å². The molecule has 0 unspecified atom stereocenters. The van der Waals surface area contributed by atoms with E-state index in [0.29, 0.717) is 0 Å². The highest BCUT2D eigenvalue weighted by Gasteiger charge is 2.09. The van der Waals surface area contributed by atoms with E-state index in [-0.39, 0.29) is 5.70 Å². The topological polar surface area (TPSA) is 66.4 Å². The lowest BCUT2D eigenvalue weighted by atomic mass is 10.2. The number of rotatable bonds is 3. The van der Waals surface area contributed by atoms with Crippen LogP contribution in [0.3, 0.4) is 0 Å². The summed E-state index contributed by atoms with van der Waals surface area (Å²) in [5.74, 6) is -1.56. The maximum atomic E-state index is 10.9. The lowest BCUT2D eigenvalue weighted by molar-refractivity contribution is -0.134. The fraction of sp³-hybridized carbons (Fsp3) is 0.0909. The minimum atomic E-state index is -1.16. The Morgan fingerprint density at radius 1 is 1.38 bits per heavy atom. The van der Waals surface area contributed by atoms with Gasteiger partial charge in [0.1, 0.15) is 5.70 Å². The highest BCUT2D eigenvalue weighted by Crippen LogP contribution is 2.14. The molecule has 2 N–H and O–H groups in total. The molecule has 1 aromatic carbocycles. The number of nitrogens with one attached hydrogen (secondary N) is 1. The van der Waals surface area contributed by atoms with E-state index in [1.165, 1.54) is 13.0 Å². The molecule has 0 radical (unpaired) electrons. The summed E-state index contributed by atoms with van der Waals surface area (Å²) >= 11 is 2.10. The molecule has 1 amide bonds. The van der Waals surface area contributed by atoms with Gasteiger partial charge in [-0.25, -0.2) is 4.79 Å². The number of carboxylic acids is 1. The van der Waals surface area contributed by atoms with Gasteiger partial charge in [0.05, 0.1) is 0 Å². The number of amides is 1. The Kier molecular flexibility index (Phi) is 4.48. The van der Waals surface area contributed by atoms with Crippen LogP contribution in [0.2, 0.25) is 0 Å². The maximum Gasteiger partial charge on any atom is 0.352 e. The summed E-state index contributed by atoms with van der Waals surface area (Å²) < 4.78 is 0.921. The molecule has 0 aliphatic rings. The fourth-order valence-electron chi connectivity index (χ4n) is 1.09. The standard InChI is InChI=1S/C11H10INO3/c1-7(14)13-10(11(15)16)6-8-4-2-3-5-9(8)12/h2-6H,1H3,(H,13,14)(H,15,16). The first-order valence-electron chi connectivity index (χ1n) is 4.48. The normalized spacial score (nSPS) is 11.0. The molecule has 0 aliphatic heterocycles. The van der Waals surface area contributed by atoms with E-state index in [9.17, 15) is 9.59 Å². The van der Waals surface area contributed by atoms with Crippen molar-refractivity contribution in [3.63, 3.8) is 0 Å². The largest absolute Gasteiger partial charge is 0.477 e. The molecule has 1 rings (SSSR count). The van der Waals surface area contributed by atoms with E-state index in [1.807, 2.05) is 12.1 Å². The maximum absolute atomic E-state index is 10.9. The van der Waals surface area contributed by atoms with Crippen molar-refractivity contribution in [1.82, 2.24) is 5.32 Å². The van der Waals surface area contributed by atoms with Crippen LogP contribution in [0.25, 0.3) is 6.08 Å². The quantitative estimate of drug-likeness (QED) is 0.656. The van der Waals surface area contributed by atoms with Crippen LogP contribution >= 0.6 is 22.6 Å². The molecule has 0 bridgehead atoms. The third-order valence-corrected chi connectivity index (χ3v) is 2.73. The molecule has 0 atom stereocenters. The number of hydrogen-bond acceptors (Lipinski definition) is 2. The third-order valence-electron chi connectivity index (χ3n) is 1.75. The van der Waals surface area contributed by atoms with E-state index in [4.69, 9.17) is 5.11 Å². The molecule has 0 spiro atoms. The summed E-state index contributed by atoms with van der Waals surface area (Å²) in [6.45, 7) is 1.27. The second kappa shape index (κ2) is 5.64. The lowest BCUT2D eigenvalue weighted by Gasteiger charge is -2.04. The Bertz CT molecular complexity index is 454. The van der Waals surface area contributed by atoms with Crippen LogP contribution in [0.5, 0.6) is 0 Å². The Morgan fingerprint density at radius 2 is 2.00 bits per heavy atom. The van der Waals surface area contributed by atoms with Crippen molar-refractivity contribution < 1.29 is 14.7 Å². The minimum Gasteiger partial charge on any atom is -0.477 e. The molecule has 84 valence electrons. The second-order valence-electron chi connectivity index (χ2n) is 3.07. The van der Waals surface area contributed by atoms with Crippen molar-refractivity contribution in [2.45, 2.75) is 6.92 Å². The van der Waals surface area contributed by atoms with Crippen molar-refractivity contribution in [2.75, 3.05) is 0 Å². The predicted molar refractivity (Wildman–Crippen MR) is 68.6 cm³/mol. The van der Waals surface area contributed by atoms with Gasteiger partial charge in [0, 0.05) is 10.5 Å². The zero-order chi connectivity index (χ0) is 12.1. The van der Waals surface area contributed by atoms with Crippen LogP contribution in [-0.2, 0) is 9.59 Å². The van der Waals surface area contributed by atoms with E-state index in [2.05, 4.69) is 27.9 Å². The Labute approximate surface area is 106 Å². The van der Waals surface area contributed by atoms with Gasteiger partial charge in [0.15, 0.2) is 0 Å². The van der Waals surface area contributed by atoms with E-state index in [1.54, 1.807) is 12.1 Å². The minimum absolute atomic E-state index is 0.128. The number of carbonyl (C=O) groups excluding carboxylic acids is 1. The lowest BCUT2D eigenvalue weighted by Crippen LogP contribution is -2.24. The monoisotopic (exact) mass is 331 g/mol. The van der Waals surface area contributed by atoms with Crippen molar-refractivity contribution in [1.29, 1.82) is 0 Å². The van der Waals surface area contributed by atoms with Gasteiger partial charge < -0.3 is 10.4 Å². The first-order chi connectivity index (χ1) is 7.50. The number of halogens is 1. The summed E-state index contributed by atoms with van der Waals surface area (Å²) in [6.07, 6.45) is 1.44. The average Bonchev–Trinajstić information content (AvgIpc) is 2.19. The number of carboxylic acid groups (broad SMARTS) is 1. The fourth-order valence-corrected chi connectivity index (χ4v) is 1.63. The molecule has 0 heterocycles. The Morgan fingerprint density at radius 3 is 2.50 bits per heavy atom. The number of hydrogen-bond donors (Lipinski definition) is 2. The van der Waals surface area contributed by atoms with Gasteiger partial charge in [-0.05, 0) is 40.3 Å². The van der Waals surface area contributed by atoms with Crippen LogP contribution in [0.4, 0.5) is 0 Å². The highest BCUT2D eigenvalue weighted by atomic mass is 127. The van der Waals surface area contributed by atoms with Gasteiger partial charge >= 0.3 is 5.97 Å². The summed E-state index contributed by atoms with van der Waals surface area (Å²) in [5, 5.41) is 11.2. The van der Waals surface area contributed by atoms with Crippen LogP contribution < -0.4 is 5.32 Å². The first-order valence-corrected chi connectivity index (χ1v) is 5.55. The van der Waals surface area contributed by atoms with Crippen molar-refractivity contribution in [3.8, 4) is 0 Å². The summed E-state index contributed by atoms with van der Waals surface area (Å²) in [4.78, 5) is 21.7. The zero-order valence-electron chi connectivity index (χ0n) is 8.53. The number of carbonyl (C=O) groups is 2. The van der Waals surface area contributed by atoms with Crippen molar-refractivity contribution >= 4 is 40.5 Å². The van der Waals surface area contributed by atoms with Gasteiger partial charge in [0.2, 0.25) is 5.91 Å². The Balaban J connectivity index is 3.07. The molecule has 1 aromatic rings. The smallest absolute Gasteiger partial charge is 0.352 e. The van der Waals surface area contributed by atoms with Gasteiger partial charge in [-0.2, -0.15) is 0 Å². The summed E-state index contributed by atoms with van der Waals surface area (Å²) in [5.41, 5.74) is 0.630. The van der Waals surface area contributed by atoms with Crippen LogP contribution in [0.1, 0.15) is 12.5 Å². The van der Waals surface area contributed by atoms with Crippen molar-refractivity contribution in [3.05, 3.63) is 39.1 Å². The molecule has 0 saturated heterocycles. The van der Waals surface area contributed by atoms with Crippen molar-refractivity contribution in [2.24, 2.45) is 0 Å². The zero-order valence-corrected chi connectivity index (χ0v) is 10.7. The molecular weight excluding hydrogens is 321 g/mol. The molecule has 0 saturated carbocycles. The van der Waals surface area contributed by atoms with Crippen LogP contribution in [-0.4, -0.2) is 17.0 Å². The Hall–Kier alpha value is -1.37. The molecule has 0 aliphatic carbocycles. The molecule has 4 nitrogen and oxygen atoms in total. The first kappa shape index (κ1) is 12.7. The molecule has 5 heteroatoms. The average molecular weight is 331 g/mol. The van der Waals surface area contributed by atoms with Gasteiger partial charge in [-0.3, -0.25) is 4.79 Å².